The summed E-state index contributed by atoms with van der Waals surface area (Å²) in [6.45, 7) is 0. The van der Waals surface area contributed by atoms with E-state index in [2.05, 4.69) is 10.2 Å². The molecule has 2 aliphatic rings. The average molecular weight is 192 g/mol. The van der Waals surface area contributed by atoms with Crippen LogP contribution in [0.2, 0.25) is 0 Å². The SMILES string of the molecule is COC1=CCC2=NN=C(C(=O)O)C2=C1. The van der Waals surface area contributed by atoms with E-state index < -0.39 is 5.97 Å². The average Bonchev–Trinajstić information content (AvgIpc) is 2.59. The number of methoxy groups -OCH3 is 1. The Morgan fingerprint density at radius 1 is 1.57 bits per heavy atom. The van der Waals surface area contributed by atoms with Gasteiger partial charge in [0, 0.05) is 12.0 Å². The number of hydrogen-bond acceptors (Lipinski definition) is 4. The molecule has 0 aromatic heterocycles. The Morgan fingerprint density at radius 3 is 3.00 bits per heavy atom. The minimum Gasteiger partial charge on any atom is -0.497 e. The summed E-state index contributed by atoms with van der Waals surface area (Å²) in [7, 11) is 1.54. The number of ether oxygens (including phenoxy) is 1. The van der Waals surface area contributed by atoms with Crippen molar-refractivity contribution in [3.8, 4) is 0 Å². The molecule has 0 aromatic carbocycles. The summed E-state index contributed by atoms with van der Waals surface area (Å²) in [5.41, 5.74) is 1.22. The molecule has 0 fully saturated rings. The second-order valence-corrected chi connectivity index (χ2v) is 2.87. The van der Waals surface area contributed by atoms with Crippen LogP contribution >= 0.6 is 0 Å². The molecule has 0 saturated carbocycles. The number of aliphatic carboxylic acids is 1. The molecule has 1 aliphatic carbocycles. The van der Waals surface area contributed by atoms with Gasteiger partial charge in [-0.15, -0.1) is 5.10 Å². The smallest absolute Gasteiger partial charge is 0.357 e. The maximum absolute atomic E-state index is 10.7. The molecule has 0 bridgehead atoms. The van der Waals surface area contributed by atoms with Crippen molar-refractivity contribution in [1.82, 2.24) is 0 Å². The van der Waals surface area contributed by atoms with Crippen LogP contribution in [0.4, 0.5) is 0 Å². The van der Waals surface area contributed by atoms with Gasteiger partial charge in [-0.1, -0.05) is 0 Å². The van der Waals surface area contributed by atoms with Crippen LogP contribution in [0.25, 0.3) is 0 Å². The van der Waals surface area contributed by atoms with Crippen LogP contribution in [0.1, 0.15) is 6.42 Å². The number of carbonyl (C=O) groups is 1. The van der Waals surface area contributed by atoms with E-state index >= 15 is 0 Å². The Labute approximate surface area is 80.1 Å². The quantitative estimate of drug-likeness (QED) is 0.701. The Balaban J connectivity index is 2.36. The van der Waals surface area contributed by atoms with Crippen molar-refractivity contribution in [2.24, 2.45) is 10.2 Å². The molecule has 2 rings (SSSR count). The highest BCUT2D eigenvalue weighted by molar-refractivity contribution is 6.51. The van der Waals surface area contributed by atoms with E-state index in [9.17, 15) is 4.79 Å². The molecule has 0 aromatic rings. The number of carboxylic acid groups (broad SMARTS) is 1. The molecule has 1 N–H and O–H groups in total. The van der Waals surface area contributed by atoms with Crippen molar-refractivity contribution < 1.29 is 14.6 Å². The van der Waals surface area contributed by atoms with Crippen LogP contribution in [-0.4, -0.2) is 29.6 Å². The van der Waals surface area contributed by atoms with Gasteiger partial charge >= 0.3 is 5.97 Å². The molecule has 5 nitrogen and oxygen atoms in total. The van der Waals surface area contributed by atoms with Crippen molar-refractivity contribution in [2.45, 2.75) is 6.42 Å². The predicted octanol–water partition coefficient (Wildman–Crippen LogP) is 0.742. The Kier molecular flexibility index (Phi) is 1.92. The Bertz CT molecular complexity index is 416. The maximum atomic E-state index is 10.7. The zero-order chi connectivity index (χ0) is 10.1. The minimum atomic E-state index is -1.06. The molecule has 0 amide bonds. The predicted molar refractivity (Wildman–Crippen MR) is 50.3 cm³/mol. The van der Waals surface area contributed by atoms with Gasteiger partial charge in [0.05, 0.1) is 12.8 Å². The molecule has 1 heterocycles. The molecule has 0 unspecified atom stereocenters. The second-order valence-electron chi connectivity index (χ2n) is 2.87. The van der Waals surface area contributed by atoms with Gasteiger partial charge in [0.25, 0.3) is 0 Å². The second kappa shape index (κ2) is 3.10. The van der Waals surface area contributed by atoms with Gasteiger partial charge in [0.2, 0.25) is 0 Å². The minimum absolute atomic E-state index is 0.0114. The highest BCUT2D eigenvalue weighted by atomic mass is 16.5. The lowest BCUT2D eigenvalue weighted by Gasteiger charge is -2.09. The lowest BCUT2D eigenvalue weighted by atomic mass is 9.98. The molecule has 5 heteroatoms. The third-order valence-electron chi connectivity index (χ3n) is 2.06. The van der Waals surface area contributed by atoms with Gasteiger partial charge in [0.1, 0.15) is 5.76 Å². The summed E-state index contributed by atoms with van der Waals surface area (Å²) in [5.74, 6) is -0.415. The molecule has 0 saturated heterocycles. The van der Waals surface area contributed by atoms with E-state index in [1.807, 2.05) is 6.08 Å². The van der Waals surface area contributed by atoms with Crippen molar-refractivity contribution in [1.29, 1.82) is 0 Å². The third-order valence-corrected chi connectivity index (χ3v) is 2.06. The van der Waals surface area contributed by atoms with Crippen LogP contribution in [0, 0.1) is 0 Å². The van der Waals surface area contributed by atoms with Crippen LogP contribution in [0.5, 0.6) is 0 Å². The highest BCUT2D eigenvalue weighted by Gasteiger charge is 2.27. The molecule has 1 aliphatic heterocycles. The summed E-state index contributed by atoms with van der Waals surface area (Å²) < 4.78 is 5.01. The zero-order valence-electron chi connectivity index (χ0n) is 7.52. The van der Waals surface area contributed by atoms with Gasteiger partial charge in [-0.3, -0.25) is 0 Å². The summed E-state index contributed by atoms with van der Waals surface area (Å²) in [5, 5.41) is 16.2. The first-order valence-corrected chi connectivity index (χ1v) is 4.07. The van der Waals surface area contributed by atoms with E-state index in [0.717, 1.165) is 0 Å². The lowest BCUT2D eigenvalue weighted by Crippen LogP contribution is -2.19. The van der Waals surface area contributed by atoms with E-state index in [1.165, 1.54) is 7.11 Å². The van der Waals surface area contributed by atoms with Crippen LogP contribution in [0.15, 0.2) is 33.7 Å². The number of rotatable bonds is 2. The molecular weight excluding hydrogens is 184 g/mol. The van der Waals surface area contributed by atoms with Crippen LogP contribution < -0.4 is 0 Å². The molecular formula is C9H8N2O3. The number of allylic oxidation sites excluding steroid dienone is 2. The van der Waals surface area contributed by atoms with Crippen LogP contribution in [0.3, 0.4) is 0 Å². The first kappa shape index (κ1) is 8.68. The zero-order valence-corrected chi connectivity index (χ0v) is 7.52. The summed E-state index contributed by atoms with van der Waals surface area (Å²) in [4.78, 5) is 10.7. The highest BCUT2D eigenvalue weighted by Crippen LogP contribution is 2.21. The number of nitrogens with zero attached hydrogens (tertiary/aromatic N) is 2. The summed E-state index contributed by atoms with van der Waals surface area (Å²) in [6.07, 6.45) is 4.04. The Hall–Kier alpha value is -1.91. The fourth-order valence-electron chi connectivity index (χ4n) is 1.36. The number of fused-ring (bicyclic) bond motifs is 1. The fourth-order valence-corrected chi connectivity index (χ4v) is 1.36. The first-order valence-electron chi connectivity index (χ1n) is 4.07. The van der Waals surface area contributed by atoms with Gasteiger partial charge in [-0.25, -0.2) is 4.79 Å². The maximum Gasteiger partial charge on any atom is 0.357 e. The van der Waals surface area contributed by atoms with E-state index in [4.69, 9.17) is 9.84 Å². The van der Waals surface area contributed by atoms with Gasteiger partial charge in [-0.2, -0.15) is 5.10 Å². The van der Waals surface area contributed by atoms with Crippen molar-refractivity contribution >= 4 is 17.4 Å². The summed E-state index contributed by atoms with van der Waals surface area (Å²) in [6, 6.07) is 0. The first-order chi connectivity index (χ1) is 6.72. The Morgan fingerprint density at radius 2 is 2.36 bits per heavy atom. The van der Waals surface area contributed by atoms with Crippen molar-refractivity contribution in [3.63, 3.8) is 0 Å². The largest absolute Gasteiger partial charge is 0.497 e. The van der Waals surface area contributed by atoms with Gasteiger partial charge in [-0.05, 0) is 12.2 Å². The number of carboxylic acids is 1. The molecule has 72 valence electrons. The van der Waals surface area contributed by atoms with Crippen molar-refractivity contribution in [2.75, 3.05) is 7.11 Å². The monoisotopic (exact) mass is 192 g/mol. The van der Waals surface area contributed by atoms with E-state index in [0.29, 0.717) is 23.5 Å². The topological polar surface area (TPSA) is 71.2 Å². The molecule has 0 atom stereocenters. The van der Waals surface area contributed by atoms with Gasteiger partial charge < -0.3 is 9.84 Å². The third kappa shape index (κ3) is 1.22. The molecule has 14 heavy (non-hydrogen) atoms. The normalized spacial score (nSPS) is 18.9. The lowest BCUT2D eigenvalue weighted by molar-refractivity contribution is -0.129. The molecule has 0 radical (unpaired) electrons. The van der Waals surface area contributed by atoms with Crippen molar-refractivity contribution in [3.05, 3.63) is 23.5 Å². The van der Waals surface area contributed by atoms with Gasteiger partial charge in [0.15, 0.2) is 5.71 Å². The standard InChI is InChI=1S/C9H8N2O3/c1-14-5-2-3-7-6(4-5)8(9(12)13)11-10-7/h2,4H,3H2,1H3,(H,12,13). The molecule has 0 spiro atoms. The van der Waals surface area contributed by atoms with E-state index in [-0.39, 0.29) is 5.71 Å². The van der Waals surface area contributed by atoms with Crippen LogP contribution in [-0.2, 0) is 9.53 Å². The van der Waals surface area contributed by atoms with E-state index in [1.54, 1.807) is 6.08 Å². The fraction of sp³-hybridized carbons (Fsp3) is 0.222. The summed E-state index contributed by atoms with van der Waals surface area (Å²) >= 11 is 0. The number of hydrogen-bond donors (Lipinski definition) is 1.